The average molecular weight is 335 g/mol. The monoisotopic (exact) mass is 334 g/mol. The summed E-state index contributed by atoms with van der Waals surface area (Å²) in [6.45, 7) is 4.59. The normalized spacial score (nSPS) is 25.4. The van der Waals surface area contributed by atoms with Crippen LogP contribution < -0.4 is 0 Å². The minimum Gasteiger partial charge on any atom is -0.138 e. The van der Waals surface area contributed by atoms with E-state index < -0.39 is 0 Å². The van der Waals surface area contributed by atoms with Gasteiger partial charge < -0.3 is 0 Å². The van der Waals surface area contributed by atoms with E-state index in [0.717, 1.165) is 12.2 Å². The Bertz CT molecular complexity index is 551. The zero-order valence-corrected chi connectivity index (χ0v) is 15.1. The van der Waals surface area contributed by atoms with Crippen molar-refractivity contribution in [2.24, 2.45) is 5.92 Å². The molecule has 21 heavy (non-hydrogen) atoms. The Morgan fingerprint density at radius 2 is 1.86 bits per heavy atom. The third kappa shape index (κ3) is 3.40. The lowest BCUT2D eigenvalue weighted by Gasteiger charge is -2.29. The molecule has 112 valence electrons. The minimum absolute atomic E-state index is 0.231. The van der Waals surface area contributed by atoms with Gasteiger partial charge in [0.15, 0.2) is 0 Å². The van der Waals surface area contributed by atoms with Gasteiger partial charge in [0.05, 0.1) is 4.08 Å². The highest BCUT2D eigenvalue weighted by atomic mass is 32.2. The highest BCUT2D eigenvalue weighted by Crippen LogP contribution is 2.56. The van der Waals surface area contributed by atoms with Crippen molar-refractivity contribution in [3.8, 4) is 0 Å². The third-order valence-corrected chi connectivity index (χ3v) is 8.48. The molecule has 1 fully saturated rings. The van der Waals surface area contributed by atoms with Crippen LogP contribution in [0.1, 0.15) is 25.8 Å². The van der Waals surface area contributed by atoms with Gasteiger partial charge in [0.2, 0.25) is 0 Å². The van der Waals surface area contributed by atoms with Gasteiger partial charge >= 0.3 is 0 Å². The smallest absolute Gasteiger partial charge is 0.0905 e. The fourth-order valence-electron chi connectivity index (χ4n) is 2.82. The molecule has 0 aliphatic carbocycles. The maximum absolute atomic E-state index is 2.49. The van der Waals surface area contributed by atoms with E-state index in [1.165, 1.54) is 27.5 Å². The Kier molecular flexibility index (Phi) is 5.13. The molecule has 0 radical (unpaired) electrons. The summed E-state index contributed by atoms with van der Waals surface area (Å²) in [7, 11) is 0. The molecule has 3 rings (SSSR count). The number of thioether (sulfide) groups is 3. The summed E-state index contributed by atoms with van der Waals surface area (Å²) in [4.78, 5) is 1.46. The first-order valence-electron chi connectivity index (χ1n) is 7.58. The largest absolute Gasteiger partial charge is 0.138 e. The second kappa shape index (κ2) is 6.89. The van der Waals surface area contributed by atoms with E-state index >= 15 is 0 Å². The number of benzene rings is 1. The Labute approximate surface area is 141 Å². The molecule has 0 unspecified atom stereocenters. The number of rotatable bonds is 1. The van der Waals surface area contributed by atoms with Crippen molar-refractivity contribution < 1.29 is 0 Å². The van der Waals surface area contributed by atoms with E-state index in [4.69, 9.17) is 0 Å². The van der Waals surface area contributed by atoms with Crippen LogP contribution in [0.5, 0.6) is 0 Å². The van der Waals surface area contributed by atoms with Crippen LogP contribution in [0.15, 0.2) is 53.0 Å². The number of allylic oxidation sites excluding steroid dienone is 3. The summed E-state index contributed by atoms with van der Waals surface area (Å²) in [5.74, 6) is 4.20. The predicted molar refractivity (Wildman–Crippen MR) is 100 cm³/mol. The van der Waals surface area contributed by atoms with Crippen LogP contribution in [-0.2, 0) is 4.08 Å². The Morgan fingerprint density at radius 3 is 2.62 bits per heavy atom. The minimum atomic E-state index is 0.231. The maximum atomic E-state index is 2.49. The molecule has 1 saturated heterocycles. The molecule has 0 nitrogen and oxygen atoms in total. The maximum Gasteiger partial charge on any atom is 0.0905 e. The zero-order chi connectivity index (χ0) is 14.7. The molecule has 0 amide bonds. The zero-order valence-electron chi connectivity index (χ0n) is 12.7. The Hall–Kier alpha value is -0.250. The first-order valence-corrected chi connectivity index (χ1v) is 10.5. The molecule has 0 bridgehead atoms. The molecule has 0 atom stereocenters. The van der Waals surface area contributed by atoms with Crippen molar-refractivity contribution in [1.29, 1.82) is 0 Å². The second-order valence-corrected chi connectivity index (χ2v) is 9.83. The van der Waals surface area contributed by atoms with Gasteiger partial charge in [-0.1, -0.05) is 50.3 Å². The highest BCUT2D eigenvalue weighted by molar-refractivity contribution is 8.20. The van der Waals surface area contributed by atoms with Crippen LogP contribution in [0.3, 0.4) is 0 Å². The summed E-state index contributed by atoms with van der Waals surface area (Å²) in [5, 5.41) is 0. The van der Waals surface area contributed by atoms with E-state index in [9.17, 15) is 0 Å². The quantitative estimate of drug-likeness (QED) is 0.622. The average Bonchev–Trinajstić information content (AvgIpc) is 2.96. The van der Waals surface area contributed by atoms with Gasteiger partial charge in [0.1, 0.15) is 0 Å². The number of fused-ring (bicyclic) bond motifs is 2. The summed E-state index contributed by atoms with van der Waals surface area (Å²) in [6.07, 6.45) is 8.28. The SMILES string of the molecule is CC(C)C1=C/CC2(SCCS2)c2ccccc2SC/C=C\1. The van der Waals surface area contributed by atoms with E-state index in [1.807, 2.05) is 11.8 Å². The molecule has 1 aromatic rings. The molecule has 2 aliphatic rings. The van der Waals surface area contributed by atoms with E-state index in [0.29, 0.717) is 5.92 Å². The van der Waals surface area contributed by atoms with Crippen molar-refractivity contribution in [3.63, 3.8) is 0 Å². The number of hydrogen-bond donors (Lipinski definition) is 0. The highest BCUT2D eigenvalue weighted by Gasteiger charge is 2.38. The van der Waals surface area contributed by atoms with Crippen LogP contribution in [0.4, 0.5) is 0 Å². The summed E-state index contributed by atoms with van der Waals surface area (Å²) in [5.41, 5.74) is 3.03. The van der Waals surface area contributed by atoms with E-state index in [-0.39, 0.29) is 4.08 Å². The van der Waals surface area contributed by atoms with Crippen molar-refractivity contribution in [1.82, 2.24) is 0 Å². The van der Waals surface area contributed by atoms with Crippen LogP contribution in [0, 0.1) is 5.92 Å². The Balaban J connectivity index is 2.04. The molecular weight excluding hydrogens is 312 g/mol. The molecule has 0 saturated carbocycles. The third-order valence-electron chi connectivity index (χ3n) is 3.97. The molecule has 3 heteroatoms. The van der Waals surface area contributed by atoms with E-state index in [1.54, 1.807) is 0 Å². The topological polar surface area (TPSA) is 0 Å². The molecule has 1 spiro atoms. The lowest BCUT2D eigenvalue weighted by Crippen LogP contribution is -2.15. The van der Waals surface area contributed by atoms with Crippen molar-refractivity contribution in [2.75, 3.05) is 17.3 Å². The van der Waals surface area contributed by atoms with Crippen LogP contribution in [0.25, 0.3) is 0 Å². The van der Waals surface area contributed by atoms with Gasteiger partial charge in [0.25, 0.3) is 0 Å². The van der Waals surface area contributed by atoms with Crippen LogP contribution >= 0.6 is 35.3 Å². The van der Waals surface area contributed by atoms with Crippen LogP contribution in [-0.4, -0.2) is 17.3 Å². The first kappa shape index (κ1) is 15.6. The van der Waals surface area contributed by atoms with Gasteiger partial charge in [-0.25, -0.2) is 0 Å². The lowest BCUT2D eigenvalue weighted by atomic mass is 9.99. The first-order chi connectivity index (χ1) is 10.2. The molecule has 1 aromatic carbocycles. The summed E-state index contributed by atoms with van der Waals surface area (Å²) >= 11 is 6.26. The van der Waals surface area contributed by atoms with Crippen molar-refractivity contribution in [2.45, 2.75) is 29.2 Å². The predicted octanol–water partition coefficient (Wildman–Crippen LogP) is 5.95. The standard InChI is InChI=1S/C18H22S3/c1-14(2)15-6-5-11-19-17-8-4-3-7-16(17)18(10-9-15)20-12-13-21-18/h3-9,14H,10-13H2,1-2H3/b6-5-,15-9+. The van der Waals surface area contributed by atoms with Crippen molar-refractivity contribution in [3.05, 3.63) is 53.6 Å². The van der Waals surface area contributed by atoms with Crippen molar-refractivity contribution >= 4 is 35.3 Å². The fraction of sp³-hybridized carbons (Fsp3) is 0.444. The lowest BCUT2D eigenvalue weighted by molar-refractivity contribution is 0.772. The second-order valence-electron chi connectivity index (χ2n) is 5.72. The number of hydrogen-bond acceptors (Lipinski definition) is 3. The molecular formula is C18H22S3. The molecule has 2 heterocycles. The fourth-order valence-corrected chi connectivity index (χ4v) is 7.12. The van der Waals surface area contributed by atoms with Gasteiger partial charge in [-0.05, 0) is 29.5 Å². The van der Waals surface area contributed by atoms with E-state index in [2.05, 4.69) is 79.9 Å². The van der Waals surface area contributed by atoms with Gasteiger partial charge in [-0.2, -0.15) is 0 Å². The van der Waals surface area contributed by atoms with Gasteiger partial charge in [0, 0.05) is 22.2 Å². The van der Waals surface area contributed by atoms with Crippen LogP contribution in [0.2, 0.25) is 0 Å². The molecule has 0 N–H and O–H groups in total. The molecule has 2 aliphatic heterocycles. The Morgan fingerprint density at radius 1 is 1.10 bits per heavy atom. The summed E-state index contributed by atoms with van der Waals surface area (Å²) < 4.78 is 0.231. The molecule has 0 aromatic heterocycles. The van der Waals surface area contributed by atoms with Gasteiger partial charge in [-0.3, -0.25) is 0 Å². The van der Waals surface area contributed by atoms with Gasteiger partial charge in [-0.15, -0.1) is 35.3 Å². The summed E-state index contributed by atoms with van der Waals surface area (Å²) in [6, 6.07) is 9.02.